The largest absolute Gasteiger partial charge is 0.278 e. The van der Waals surface area contributed by atoms with Crippen molar-refractivity contribution in [1.29, 1.82) is 0 Å². The molecule has 0 aliphatic carbocycles. The van der Waals surface area contributed by atoms with Crippen LogP contribution >= 0.6 is 0 Å². The summed E-state index contributed by atoms with van der Waals surface area (Å²) in [5.74, 6) is 0.581. The zero-order valence-corrected chi connectivity index (χ0v) is 17.9. The van der Waals surface area contributed by atoms with Gasteiger partial charge in [0.1, 0.15) is 0 Å². The van der Waals surface area contributed by atoms with Gasteiger partial charge in [-0.2, -0.15) is 0 Å². The first-order chi connectivity index (χ1) is 12.1. The highest BCUT2D eigenvalue weighted by atomic mass is 16.2. The first-order valence-electron chi connectivity index (χ1n) is 10.2. The maximum absolute atomic E-state index is 12.0. The topological polar surface area (TPSA) is 46.1 Å². The van der Waals surface area contributed by atoms with Gasteiger partial charge in [-0.1, -0.05) is 67.7 Å². The smallest absolute Gasteiger partial charge is 0.232 e. The van der Waals surface area contributed by atoms with Crippen molar-refractivity contribution < 1.29 is 4.79 Å². The standard InChI is InChI=1S/C17H29N3O.2C2H6/c1-5-8-11-15-12-18-17(19-13-15)20(14(4)21)16(9-6-2)10-7-3;2*1-2/h12-13,16H,5-11H2,1-4H3;2*1-2H3. The average molecular weight is 352 g/mol. The van der Waals surface area contributed by atoms with E-state index in [2.05, 4.69) is 30.7 Å². The van der Waals surface area contributed by atoms with Crippen LogP contribution in [0.4, 0.5) is 5.95 Å². The Bertz CT molecular complexity index is 412. The van der Waals surface area contributed by atoms with Gasteiger partial charge >= 0.3 is 0 Å². The zero-order chi connectivity index (χ0) is 19.7. The SMILES string of the molecule is CC.CC.CCCCc1cnc(N(C(C)=O)C(CCC)CCC)nc1. The molecule has 0 aromatic carbocycles. The molecule has 1 aromatic rings. The molecule has 0 atom stereocenters. The average Bonchev–Trinajstić information content (AvgIpc) is 2.64. The first-order valence-corrected chi connectivity index (χ1v) is 10.2. The van der Waals surface area contributed by atoms with Gasteiger partial charge in [0.05, 0.1) is 0 Å². The van der Waals surface area contributed by atoms with Gasteiger partial charge < -0.3 is 0 Å². The molecule has 0 spiro atoms. The summed E-state index contributed by atoms with van der Waals surface area (Å²) in [4.78, 5) is 22.7. The maximum Gasteiger partial charge on any atom is 0.232 e. The van der Waals surface area contributed by atoms with E-state index in [1.54, 1.807) is 11.8 Å². The van der Waals surface area contributed by atoms with E-state index in [4.69, 9.17) is 0 Å². The second-order valence-electron chi connectivity index (χ2n) is 5.62. The van der Waals surface area contributed by atoms with Gasteiger partial charge in [-0.3, -0.25) is 9.69 Å². The van der Waals surface area contributed by atoms with E-state index < -0.39 is 0 Å². The molecule has 0 aliphatic heterocycles. The van der Waals surface area contributed by atoms with Crippen LogP contribution in [-0.4, -0.2) is 21.9 Å². The molecule has 0 unspecified atom stereocenters. The van der Waals surface area contributed by atoms with Crippen LogP contribution in [0.1, 0.15) is 99.5 Å². The van der Waals surface area contributed by atoms with Crippen LogP contribution < -0.4 is 4.90 Å². The van der Waals surface area contributed by atoms with Gasteiger partial charge in [0, 0.05) is 25.4 Å². The van der Waals surface area contributed by atoms with Crippen molar-refractivity contribution in [2.45, 2.75) is 106 Å². The van der Waals surface area contributed by atoms with Crippen molar-refractivity contribution in [2.75, 3.05) is 4.90 Å². The van der Waals surface area contributed by atoms with Gasteiger partial charge in [-0.25, -0.2) is 9.97 Å². The molecule has 1 heterocycles. The number of carbonyl (C=O) groups is 1. The third-order valence-corrected chi connectivity index (χ3v) is 3.67. The Balaban J connectivity index is 0. The van der Waals surface area contributed by atoms with Gasteiger partial charge in [0.2, 0.25) is 11.9 Å². The Morgan fingerprint density at radius 1 is 0.960 bits per heavy atom. The van der Waals surface area contributed by atoms with Gasteiger partial charge in [0.15, 0.2) is 0 Å². The third kappa shape index (κ3) is 10.2. The highest BCUT2D eigenvalue weighted by Gasteiger charge is 2.23. The number of carbonyl (C=O) groups excluding carboxylic acids is 1. The summed E-state index contributed by atoms with van der Waals surface area (Å²) in [6.07, 6.45) is 11.1. The fourth-order valence-electron chi connectivity index (χ4n) is 2.61. The lowest BCUT2D eigenvalue weighted by Crippen LogP contribution is -2.40. The van der Waals surface area contributed by atoms with E-state index in [0.717, 1.165) is 50.5 Å². The normalized spacial score (nSPS) is 9.64. The molecule has 0 saturated carbocycles. The van der Waals surface area contributed by atoms with Crippen LogP contribution in [0.25, 0.3) is 0 Å². The fourth-order valence-corrected chi connectivity index (χ4v) is 2.61. The number of amides is 1. The van der Waals surface area contributed by atoms with Crippen LogP contribution in [-0.2, 0) is 11.2 Å². The van der Waals surface area contributed by atoms with E-state index in [-0.39, 0.29) is 11.9 Å². The van der Waals surface area contributed by atoms with Crippen molar-refractivity contribution >= 4 is 11.9 Å². The van der Waals surface area contributed by atoms with Gasteiger partial charge in [-0.15, -0.1) is 0 Å². The lowest BCUT2D eigenvalue weighted by Gasteiger charge is -2.29. The van der Waals surface area contributed by atoms with E-state index in [1.807, 2.05) is 40.1 Å². The Morgan fingerprint density at radius 3 is 1.80 bits per heavy atom. The monoisotopic (exact) mass is 351 g/mol. The maximum atomic E-state index is 12.0. The van der Waals surface area contributed by atoms with E-state index >= 15 is 0 Å². The summed E-state index contributed by atoms with van der Waals surface area (Å²) in [5.41, 5.74) is 1.15. The fraction of sp³-hybridized carbons (Fsp3) is 0.762. The lowest BCUT2D eigenvalue weighted by molar-refractivity contribution is -0.117. The number of nitrogens with zero attached hydrogens (tertiary/aromatic N) is 3. The van der Waals surface area contributed by atoms with Crippen LogP contribution in [0, 0.1) is 0 Å². The van der Waals surface area contributed by atoms with E-state index in [1.165, 1.54) is 0 Å². The highest BCUT2D eigenvalue weighted by Crippen LogP contribution is 2.19. The van der Waals surface area contributed by atoms with Crippen molar-refractivity contribution in [3.63, 3.8) is 0 Å². The quantitative estimate of drug-likeness (QED) is 0.532. The van der Waals surface area contributed by atoms with E-state index in [0.29, 0.717) is 5.95 Å². The van der Waals surface area contributed by atoms with Crippen LogP contribution in [0.3, 0.4) is 0 Å². The summed E-state index contributed by atoms with van der Waals surface area (Å²) in [5, 5.41) is 0. The zero-order valence-electron chi connectivity index (χ0n) is 17.9. The Labute approximate surface area is 156 Å². The van der Waals surface area contributed by atoms with Crippen molar-refractivity contribution in [1.82, 2.24) is 9.97 Å². The number of hydrogen-bond donors (Lipinski definition) is 0. The van der Waals surface area contributed by atoms with Crippen molar-refractivity contribution in [3.05, 3.63) is 18.0 Å². The summed E-state index contributed by atoms with van der Waals surface area (Å²) < 4.78 is 0. The minimum atomic E-state index is 0.0307. The number of rotatable bonds is 9. The molecule has 146 valence electrons. The number of aromatic nitrogens is 2. The van der Waals surface area contributed by atoms with Crippen LogP contribution in [0.5, 0.6) is 0 Å². The third-order valence-electron chi connectivity index (χ3n) is 3.67. The summed E-state index contributed by atoms with van der Waals surface area (Å²) >= 11 is 0. The molecule has 25 heavy (non-hydrogen) atoms. The molecule has 0 N–H and O–H groups in total. The van der Waals surface area contributed by atoms with Gasteiger partial charge in [0.25, 0.3) is 0 Å². The minimum Gasteiger partial charge on any atom is -0.278 e. The molecule has 4 heteroatoms. The highest BCUT2D eigenvalue weighted by molar-refractivity contribution is 5.90. The Morgan fingerprint density at radius 2 is 1.44 bits per heavy atom. The molecule has 0 bridgehead atoms. The summed E-state index contributed by atoms with van der Waals surface area (Å²) in [7, 11) is 0. The van der Waals surface area contributed by atoms with Crippen LogP contribution in [0.2, 0.25) is 0 Å². The second kappa shape index (κ2) is 17.4. The molecule has 0 saturated heterocycles. The molecule has 1 rings (SSSR count). The molecule has 0 radical (unpaired) electrons. The minimum absolute atomic E-state index is 0.0307. The molecule has 1 aromatic heterocycles. The number of aryl methyl sites for hydroxylation is 1. The first kappa shape index (κ1) is 25.8. The lowest BCUT2D eigenvalue weighted by atomic mass is 10.1. The number of hydrogen-bond acceptors (Lipinski definition) is 3. The predicted molar refractivity (Wildman–Crippen MR) is 110 cm³/mol. The van der Waals surface area contributed by atoms with E-state index in [9.17, 15) is 4.79 Å². The number of unbranched alkanes of at least 4 members (excludes halogenated alkanes) is 1. The predicted octanol–water partition coefficient (Wildman–Crippen LogP) is 6.19. The molecule has 4 nitrogen and oxygen atoms in total. The Hall–Kier alpha value is -1.45. The molecular weight excluding hydrogens is 310 g/mol. The van der Waals surface area contributed by atoms with Crippen LogP contribution in [0.15, 0.2) is 12.4 Å². The number of anilines is 1. The van der Waals surface area contributed by atoms with Crippen molar-refractivity contribution in [2.24, 2.45) is 0 Å². The molecule has 0 fully saturated rings. The molecule has 0 aliphatic rings. The Kier molecular flexibility index (Phi) is 17.9. The summed E-state index contributed by atoms with van der Waals surface area (Å²) in [6.45, 7) is 16.1. The summed E-state index contributed by atoms with van der Waals surface area (Å²) in [6, 6.07) is 0.207. The molecule has 1 amide bonds. The molecular formula is C21H41N3O. The van der Waals surface area contributed by atoms with Gasteiger partial charge in [-0.05, 0) is 31.2 Å². The second-order valence-corrected chi connectivity index (χ2v) is 5.62. The van der Waals surface area contributed by atoms with Crippen molar-refractivity contribution in [3.8, 4) is 0 Å².